The minimum atomic E-state index is -0.115. The smallest absolute Gasteiger partial charge is 0.234 e. The number of carbonyl (C=O) groups excluding carboxylic acids is 1. The number of benzene rings is 2. The van der Waals surface area contributed by atoms with Gasteiger partial charge in [-0.1, -0.05) is 35.5 Å². The number of H-pyrrole nitrogens is 1. The summed E-state index contributed by atoms with van der Waals surface area (Å²) in [5.41, 5.74) is 4.59. The van der Waals surface area contributed by atoms with E-state index in [-0.39, 0.29) is 11.7 Å². The van der Waals surface area contributed by atoms with Crippen molar-refractivity contribution in [1.29, 1.82) is 0 Å². The second-order valence-electron chi connectivity index (χ2n) is 6.34. The van der Waals surface area contributed by atoms with Gasteiger partial charge in [-0.05, 0) is 38.1 Å². The van der Waals surface area contributed by atoms with E-state index in [1.54, 1.807) is 6.33 Å². The molecule has 0 bridgehead atoms. The SMILES string of the molecule is CCOc1ccccc1NC(=O)CSc1ncnc2c1[nH]c1ccc(C)cc12. The summed E-state index contributed by atoms with van der Waals surface area (Å²) in [5, 5.41) is 4.73. The first-order valence-electron chi connectivity index (χ1n) is 9.03. The molecule has 4 rings (SSSR count). The molecule has 0 unspecified atom stereocenters. The van der Waals surface area contributed by atoms with Crippen LogP contribution >= 0.6 is 11.8 Å². The van der Waals surface area contributed by atoms with E-state index < -0.39 is 0 Å². The number of fused-ring (bicyclic) bond motifs is 3. The Hall–Kier alpha value is -3.06. The van der Waals surface area contributed by atoms with E-state index >= 15 is 0 Å². The highest BCUT2D eigenvalue weighted by molar-refractivity contribution is 8.00. The van der Waals surface area contributed by atoms with Crippen molar-refractivity contribution in [2.75, 3.05) is 17.7 Å². The van der Waals surface area contributed by atoms with Crippen LogP contribution in [0.2, 0.25) is 0 Å². The molecule has 0 fully saturated rings. The number of amides is 1. The van der Waals surface area contributed by atoms with Gasteiger partial charge in [0.2, 0.25) is 5.91 Å². The molecule has 0 aliphatic rings. The number of hydrogen-bond donors (Lipinski definition) is 2. The number of hydrogen-bond acceptors (Lipinski definition) is 5. The van der Waals surface area contributed by atoms with Crippen LogP contribution in [0.4, 0.5) is 5.69 Å². The first kappa shape index (κ1) is 18.3. The third-order valence-corrected chi connectivity index (χ3v) is 5.29. The molecule has 0 saturated heterocycles. The molecule has 2 heterocycles. The lowest BCUT2D eigenvalue weighted by atomic mass is 10.2. The molecule has 142 valence electrons. The monoisotopic (exact) mass is 392 g/mol. The predicted octanol–water partition coefficient (Wildman–Crippen LogP) is 4.55. The molecule has 0 atom stereocenters. The number of rotatable bonds is 6. The van der Waals surface area contributed by atoms with Gasteiger partial charge in [0.15, 0.2) is 0 Å². The Morgan fingerprint density at radius 1 is 1.21 bits per heavy atom. The molecule has 0 aliphatic heterocycles. The molecular weight excluding hydrogens is 372 g/mol. The average molecular weight is 392 g/mol. The van der Waals surface area contributed by atoms with E-state index in [1.165, 1.54) is 17.3 Å². The van der Waals surface area contributed by atoms with Crippen LogP contribution in [-0.4, -0.2) is 33.2 Å². The quantitative estimate of drug-likeness (QED) is 0.372. The molecule has 0 aliphatic carbocycles. The van der Waals surface area contributed by atoms with Gasteiger partial charge in [-0.25, -0.2) is 9.97 Å². The lowest BCUT2D eigenvalue weighted by molar-refractivity contribution is -0.113. The number of nitrogens with zero attached hydrogens (tertiary/aromatic N) is 2. The Bertz CT molecular complexity index is 1160. The normalized spacial score (nSPS) is 11.1. The molecule has 7 heteroatoms. The fourth-order valence-corrected chi connectivity index (χ4v) is 3.82. The minimum Gasteiger partial charge on any atom is -0.492 e. The molecule has 2 aromatic heterocycles. The lowest BCUT2D eigenvalue weighted by Gasteiger charge is -2.11. The number of ether oxygens (including phenoxy) is 1. The molecule has 6 nitrogen and oxygen atoms in total. The van der Waals surface area contributed by atoms with Crippen LogP contribution in [0.25, 0.3) is 21.9 Å². The van der Waals surface area contributed by atoms with Crippen LogP contribution in [0, 0.1) is 6.92 Å². The van der Waals surface area contributed by atoms with Crippen LogP contribution in [0.15, 0.2) is 53.8 Å². The average Bonchev–Trinajstić information content (AvgIpc) is 3.06. The van der Waals surface area contributed by atoms with Gasteiger partial charge in [-0.2, -0.15) is 0 Å². The summed E-state index contributed by atoms with van der Waals surface area (Å²) in [4.78, 5) is 24.6. The van der Waals surface area contributed by atoms with Gasteiger partial charge in [-0.15, -0.1) is 0 Å². The summed E-state index contributed by atoms with van der Waals surface area (Å²) in [6, 6.07) is 13.6. The fourth-order valence-electron chi connectivity index (χ4n) is 3.06. The lowest BCUT2D eigenvalue weighted by Crippen LogP contribution is -2.15. The second kappa shape index (κ2) is 7.90. The predicted molar refractivity (Wildman–Crippen MR) is 113 cm³/mol. The molecule has 0 saturated carbocycles. The van der Waals surface area contributed by atoms with Crippen LogP contribution in [-0.2, 0) is 4.79 Å². The number of aryl methyl sites for hydroxylation is 1. The van der Waals surface area contributed by atoms with Gasteiger partial charge < -0.3 is 15.0 Å². The Labute approximate surface area is 166 Å². The van der Waals surface area contributed by atoms with Crippen LogP contribution < -0.4 is 10.1 Å². The molecule has 1 amide bonds. The molecule has 0 spiro atoms. The maximum Gasteiger partial charge on any atom is 0.234 e. The Morgan fingerprint density at radius 2 is 2.07 bits per heavy atom. The number of thioether (sulfide) groups is 1. The Balaban J connectivity index is 1.53. The van der Waals surface area contributed by atoms with Crippen molar-refractivity contribution >= 4 is 45.3 Å². The van der Waals surface area contributed by atoms with Crippen molar-refractivity contribution in [3.05, 3.63) is 54.4 Å². The third-order valence-electron chi connectivity index (χ3n) is 4.30. The van der Waals surface area contributed by atoms with E-state index in [2.05, 4.69) is 39.3 Å². The van der Waals surface area contributed by atoms with E-state index in [0.717, 1.165) is 27.0 Å². The number of aromatic amines is 1. The fraction of sp³-hybridized carbons (Fsp3) is 0.190. The van der Waals surface area contributed by atoms with Gasteiger partial charge in [0.1, 0.15) is 22.6 Å². The van der Waals surface area contributed by atoms with E-state index in [1.807, 2.05) is 37.3 Å². The molecule has 0 radical (unpaired) electrons. The van der Waals surface area contributed by atoms with Crippen LogP contribution in [0.5, 0.6) is 5.75 Å². The number of carbonyl (C=O) groups is 1. The molecule has 28 heavy (non-hydrogen) atoms. The zero-order valence-electron chi connectivity index (χ0n) is 15.7. The zero-order chi connectivity index (χ0) is 19.5. The van der Waals surface area contributed by atoms with E-state index in [4.69, 9.17) is 4.74 Å². The standard InChI is InChI=1S/C21H20N4O2S/c1-3-27-17-7-5-4-6-16(17)24-18(26)11-28-21-20-19(22-12-23-21)14-10-13(2)8-9-15(14)25-20/h4-10,12,25H,3,11H2,1-2H3,(H,24,26). The van der Waals surface area contributed by atoms with Crippen molar-refractivity contribution in [3.8, 4) is 5.75 Å². The highest BCUT2D eigenvalue weighted by atomic mass is 32.2. The van der Waals surface area contributed by atoms with Crippen molar-refractivity contribution in [2.24, 2.45) is 0 Å². The highest BCUT2D eigenvalue weighted by Gasteiger charge is 2.13. The van der Waals surface area contributed by atoms with Gasteiger partial charge in [0.25, 0.3) is 0 Å². The largest absolute Gasteiger partial charge is 0.492 e. The maximum atomic E-state index is 12.5. The zero-order valence-corrected chi connectivity index (χ0v) is 16.5. The summed E-state index contributed by atoms with van der Waals surface area (Å²) in [6.07, 6.45) is 1.54. The molecule has 2 aromatic carbocycles. The summed E-state index contributed by atoms with van der Waals surface area (Å²) in [6.45, 7) is 4.51. The van der Waals surface area contributed by atoms with Crippen molar-refractivity contribution in [1.82, 2.24) is 15.0 Å². The van der Waals surface area contributed by atoms with Crippen LogP contribution in [0.3, 0.4) is 0 Å². The summed E-state index contributed by atoms with van der Waals surface area (Å²) < 4.78 is 5.55. The van der Waals surface area contributed by atoms with Gasteiger partial charge in [0, 0.05) is 10.9 Å². The van der Waals surface area contributed by atoms with E-state index in [9.17, 15) is 4.79 Å². The third kappa shape index (κ3) is 3.66. The molecule has 2 N–H and O–H groups in total. The first-order chi connectivity index (χ1) is 13.7. The van der Waals surface area contributed by atoms with Crippen molar-refractivity contribution in [2.45, 2.75) is 18.9 Å². The van der Waals surface area contributed by atoms with Crippen molar-refractivity contribution < 1.29 is 9.53 Å². The number of nitrogens with one attached hydrogen (secondary N) is 2. The minimum absolute atomic E-state index is 0.115. The van der Waals surface area contributed by atoms with Gasteiger partial charge >= 0.3 is 0 Å². The maximum absolute atomic E-state index is 12.5. The summed E-state index contributed by atoms with van der Waals surface area (Å²) in [7, 11) is 0. The highest BCUT2D eigenvalue weighted by Crippen LogP contribution is 2.30. The Morgan fingerprint density at radius 3 is 2.93 bits per heavy atom. The van der Waals surface area contributed by atoms with Crippen molar-refractivity contribution in [3.63, 3.8) is 0 Å². The van der Waals surface area contributed by atoms with Crippen LogP contribution in [0.1, 0.15) is 12.5 Å². The summed E-state index contributed by atoms with van der Waals surface area (Å²) >= 11 is 1.38. The van der Waals surface area contributed by atoms with E-state index in [0.29, 0.717) is 18.0 Å². The Kier molecular flexibility index (Phi) is 5.16. The van der Waals surface area contributed by atoms with Gasteiger partial charge in [0.05, 0.1) is 23.6 Å². The molecule has 4 aromatic rings. The molecular formula is C21H20N4O2S. The second-order valence-corrected chi connectivity index (χ2v) is 7.31. The number of aromatic nitrogens is 3. The topological polar surface area (TPSA) is 79.9 Å². The number of para-hydroxylation sites is 2. The first-order valence-corrected chi connectivity index (χ1v) is 10.0. The summed E-state index contributed by atoms with van der Waals surface area (Å²) in [5.74, 6) is 0.788. The number of anilines is 1. The van der Waals surface area contributed by atoms with Gasteiger partial charge in [-0.3, -0.25) is 4.79 Å².